The third kappa shape index (κ3) is 1.59. The summed E-state index contributed by atoms with van der Waals surface area (Å²) in [5.41, 5.74) is 5.56. The first-order valence-corrected chi connectivity index (χ1v) is 6.56. The van der Waals surface area contributed by atoms with E-state index < -0.39 is 0 Å². The Kier molecular flexibility index (Phi) is 2.23. The first-order valence-electron chi connectivity index (χ1n) is 6.56. The number of nitrogens with zero attached hydrogens (tertiary/aromatic N) is 1. The van der Waals surface area contributed by atoms with Crippen molar-refractivity contribution < 1.29 is 5.11 Å². The number of fused-ring (bicyclic) bond motifs is 2. The Morgan fingerprint density at radius 2 is 2.16 bits per heavy atom. The molecule has 4 rings (SSSR count). The molecule has 0 saturated carbocycles. The van der Waals surface area contributed by atoms with E-state index in [-0.39, 0.29) is 6.10 Å². The Bertz CT molecular complexity index is 760. The lowest BCUT2D eigenvalue weighted by molar-refractivity contribution is 0.180. The average molecular weight is 250 g/mol. The molecule has 2 heterocycles. The van der Waals surface area contributed by atoms with Crippen molar-refractivity contribution in [2.75, 3.05) is 0 Å². The van der Waals surface area contributed by atoms with Crippen LogP contribution >= 0.6 is 0 Å². The Labute approximate surface area is 110 Å². The van der Waals surface area contributed by atoms with Crippen LogP contribution in [0.4, 0.5) is 0 Å². The van der Waals surface area contributed by atoms with Crippen molar-refractivity contribution >= 4 is 11.0 Å². The van der Waals surface area contributed by atoms with Gasteiger partial charge in [-0.3, -0.25) is 0 Å². The fourth-order valence-electron chi connectivity index (χ4n) is 2.96. The van der Waals surface area contributed by atoms with Crippen LogP contribution < -0.4 is 0 Å². The highest BCUT2D eigenvalue weighted by atomic mass is 16.3. The number of benzene rings is 1. The van der Waals surface area contributed by atoms with Crippen molar-refractivity contribution in [3.8, 4) is 11.1 Å². The fraction of sp³-hybridized carbons (Fsp3) is 0.188. The van der Waals surface area contributed by atoms with Crippen molar-refractivity contribution in [3.63, 3.8) is 0 Å². The molecular weight excluding hydrogens is 236 g/mol. The van der Waals surface area contributed by atoms with Gasteiger partial charge in [-0.2, -0.15) is 0 Å². The van der Waals surface area contributed by atoms with E-state index in [2.05, 4.69) is 28.2 Å². The van der Waals surface area contributed by atoms with Gasteiger partial charge in [0.1, 0.15) is 5.65 Å². The van der Waals surface area contributed by atoms with Gasteiger partial charge in [0.05, 0.1) is 6.10 Å². The van der Waals surface area contributed by atoms with Gasteiger partial charge in [-0.25, -0.2) is 4.98 Å². The SMILES string of the molecule is OC1CCc2ccc(-c3ccnc4[nH]ccc34)cc21. The van der Waals surface area contributed by atoms with E-state index >= 15 is 0 Å². The minimum atomic E-state index is -0.307. The average Bonchev–Trinajstić information content (AvgIpc) is 3.05. The zero-order valence-electron chi connectivity index (χ0n) is 10.4. The highest BCUT2D eigenvalue weighted by Crippen LogP contribution is 2.35. The number of pyridine rings is 1. The molecule has 3 heteroatoms. The predicted molar refractivity (Wildman–Crippen MR) is 74.8 cm³/mol. The van der Waals surface area contributed by atoms with Gasteiger partial charge in [0.25, 0.3) is 0 Å². The van der Waals surface area contributed by atoms with Crippen molar-refractivity contribution in [1.82, 2.24) is 9.97 Å². The highest BCUT2D eigenvalue weighted by Gasteiger charge is 2.20. The van der Waals surface area contributed by atoms with Crippen LogP contribution in [0.1, 0.15) is 23.7 Å². The molecule has 94 valence electrons. The molecule has 0 amide bonds. The highest BCUT2D eigenvalue weighted by molar-refractivity contribution is 5.93. The molecule has 1 aliphatic carbocycles. The summed E-state index contributed by atoms with van der Waals surface area (Å²) in [5.74, 6) is 0. The summed E-state index contributed by atoms with van der Waals surface area (Å²) < 4.78 is 0. The number of H-pyrrole nitrogens is 1. The zero-order chi connectivity index (χ0) is 12.8. The molecule has 2 N–H and O–H groups in total. The van der Waals surface area contributed by atoms with Crippen LogP contribution in [0.5, 0.6) is 0 Å². The number of nitrogens with one attached hydrogen (secondary N) is 1. The molecule has 0 fully saturated rings. The summed E-state index contributed by atoms with van der Waals surface area (Å²) in [5, 5.41) is 11.1. The zero-order valence-corrected chi connectivity index (χ0v) is 10.4. The lowest BCUT2D eigenvalue weighted by Gasteiger charge is -2.08. The molecule has 3 nitrogen and oxygen atoms in total. The van der Waals surface area contributed by atoms with E-state index in [1.165, 1.54) is 5.56 Å². The van der Waals surface area contributed by atoms with E-state index in [4.69, 9.17) is 0 Å². The molecule has 19 heavy (non-hydrogen) atoms. The molecular formula is C16H14N2O. The second kappa shape index (κ2) is 3.93. The lowest BCUT2D eigenvalue weighted by atomic mass is 9.99. The number of rotatable bonds is 1. The van der Waals surface area contributed by atoms with Gasteiger partial charge in [0.15, 0.2) is 0 Å². The minimum absolute atomic E-state index is 0.307. The number of aryl methyl sites for hydroxylation is 1. The molecule has 0 saturated heterocycles. The minimum Gasteiger partial charge on any atom is -0.388 e. The first-order chi connectivity index (χ1) is 9.33. The largest absolute Gasteiger partial charge is 0.388 e. The van der Waals surface area contributed by atoms with Crippen LogP contribution in [0, 0.1) is 0 Å². The van der Waals surface area contributed by atoms with Crippen LogP contribution in [-0.4, -0.2) is 15.1 Å². The molecule has 0 spiro atoms. The Morgan fingerprint density at radius 1 is 1.21 bits per heavy atom. The van der Waals surface area contributed by atoms with Gasteiger partial charge in [-0.05, 0) is 53.3 Å². The number of aromatic nitrogens is 2. The van der Waals surface area contributed by atoms with Crippen molar-refractivity contribution in [2.24, 2.45) is 0 Å². The number of aliphatic hydroxyl groups is 1. The van der Waals surface area contributed by atoms with Crippen LogP contribution in [-0.2, 0) is 6.42 Å². The van der Waals surface area contributed by atoms with Gasteiger partial charge in [-0.15, -0.1) is 0 Å². The van der Waals surface area contributed by atoms with Crippen molar-refractivity contribution in [3.05, 3.63) is 53.9 Å². The quantitative estimate of drug-likeness (QED) is 0.696. The second-order valence-electron chi connectivity index (χ2n) is 5.07. The predicted octanol–water partition coefficient (Wildman–Crippen LogP) is 3.21. The van der Waals surface area contributed by atoms with Crippen LogP contribution in [0.3, 0.4) is 0 Å². The van der Waals surface area contributed by atoms with Crippen LogP contribution in [0.2, 0.25) is 0 Å². The fourth-order valence-corrected chi connectivity index (χ4v) is 2.96. The van der Waals surface area contributed by atoms with Gasteiger partial charge < -0.3 is 10.1 Å². The summed E-state index contributed by atoms with van der Waals surface area (Å²) >= 11 is 0. The molecule has 0 bridgehead atoms. The Morgan fingerprint density at radius 3 is 3.11 bits per heavy atom. The maximum Gasteiger partial charge on any atom is 0.137 e. The Balaban J connectivity index is 1.93. The summed E-state index contributed by atoms with van der Waals surface area (Å²) in [6.07, 6.45) is 5.24. The van der Waals surface area contributed by atoms with Crippen LogP contribution in [0.15, 0.2) is 42.7 Å². The standard InChI is InChI=1S/C16H14N2O/c19-15-4-3-10-1-2-11(9-14(10)15)12-5-7-17-16-13(12)6-8-18-16/h1-2,5-9,15,19H,3-4H2,(H,17,18). The van der Waals surface area contributed by atoms with Crippen molar-refractivity contribution in [2.45, 2.75) is 18.9 Å². The van der Waals surface area contributed by atoms with Gasteiger partial charge in [0.2, 0.25) is 0 Å². The molecule has 0 aliphatic heterocycles. The van der Waals surface area contributed by atoms with Gasteiger partial charge in [0, 0.05) is 17.8 Å². The third-order valence-corrected chi connectivity index (χ3v) is 3.96. The van der Waals surface area contributed by atoms with Crippen LogP contribution in [0.25, 0.3) is 22.2 Å². The van der Waals surface area contributed by atoms with Crippen molar-refractivity contribution in [1.29, 1.82) is 0 Å². The normalized spacial score (nSPS) is 17.8. The number of hydrogen-bond donors (Lipinski definition) is 2. The molecule has 1 atom stereocenters. The monoisotopic (exact) mass is 250 g/mol. The second-order valence-corrected chi connectivity index (χ2v) is 5.07. The van der Waals surface area contributed by atoms with E-state index in [0.717, 1.165) is 40.6 Å². The summed E-state index contributed by atoms with van der Waals surface area (Å²) in [6.45, 7) is 0. The first kappa shape index (κ1) is 10.8. The van der Waals surface area contributed by atoms with Gasteiger partial charge >= 0.3 is 0 Å². The van der Waals surface area contributed by atoms with E-state index in [1.54, 1.807) is 0 Å². The maximum absolute atomic E-state index is 10.0. The molecule has 3 aromatic rings. The molecule has 1 unspecified atom stereocenters. The lowest BCUT2D eigenvalue weighted by Crippen LogP contribution is -1.91. The number of aromatic amines is 1. The summed E-state index contributed by atoms with van der Waals surface area (Å²) in [7, 11) is 0. The van der Waals surface area contributed by atoms with Gasteiger partial charge in [-0.1, -0.05) is 12.1 Å². The molecule has 2 aromatic heterocycles. The topological polar surface area (TPSA) is 48.9 Å². The maximum atomic E-state index is 10.0. The number of hydrogen-bond acceptors (Lipinski definition) is 2. The van der Waals surface area contributed by atoms with E-state index in [0.29, 0.717) is 0 Å². The van der Waals surface area contributed by atoms with E-state index in [9.17, 15) is 5.11 Å². The molecule has 1 aromatic carbocycles. The molecule has 1 aliphatic rings. The smallest absolute Gasteiger partial charge is 0.137 e. The summed E-state index contributed by atoms with van der Waals surface area (Å²) in [6, 6.07) is 10.5. The Hall–Kier alpha value is -2.13. The summed E-state index contributed by atoms with van der Waals surface area (Å²) in [4.78, 5) is 7.44. The number of aliphatic hydroxyl groups excluding tert-OH is 1. The van der Waals surface area contributed by atoms with E-state index in [1.807, 2.05) is 24.5 Å². The molecule has 0 radical (unpaired) electrons. The third-order valence-electron chi connectivity index (χ3n) is 3.96.